The third-order valence-electron chi connectivity index (χ3n) is 4.67. The Morgan fingerprint density at radius 3 is 2.69 bits per heavy atom. The molecule has 1 aliphatic rings. The minimum Gasteiger partial charge on any atom is -0.326 e. The molecule has 2 heterocycles. The number of piperidine rings is 1. The number of benzene rings is 1. The molecule has 0 saturated carbocycles. The number of rotatable bonds is 6. The van der Waals surface area contributed by atoms with Crippen molar-refractivity contribution in [2.24, 2.45) is 5.92 Å². The molecule has 0 radical (unpaired) electrons. The molecule has 5 nitrogen and oxygen atoms in total. The first-order valence-corrected chi connectivity index (χ1v) is 9.21. The summed E-state index contributed by atoms with van der Waals surface area (Å²) >= 11 is 5.73. The van der Waals surface area contributed by atoms with Crippen LogP contribution in [0, 0.1) is 11.7 Å². The number of likely N-dealkylation sites (tertiary alicyclic amines) is 1. The normalized spacial score (nSPS) is 15.8. The monoisotopic (exact) mass is 376 g/mol. The third-order valence-corrected chi connectivity index (χ3v) is 4.96. The van der Waals surface area contributed by atoms with Gasteiger partial charge in [0.25, 0.3) is 0 Å². The van der Waals surface area contributed by atoms with E-state index in [1.807, 2.05) is 6.07 Å². The lowest BCUT2D eigenvalue weighted by Crippen LogP contribution is -2.34. The molecule has 3 rings (SSSR count). The maximum absolute atomic E-state index is 13.1. The summed E-state index contributed by atoms with van der Waals surface area (Å²) in [5.74, 6) is 0.846. The fourth-order valence-corrected chi connectivity index (χ4v) is 3.36. The van der Waals surface area contributed by atoms with Crippen LogP contribution in [0.25, 0.3) is 0 Å². The van der Waals surface area contributed by atoms with Crippen LogP contribution in [0.5, 0.6) is 0 Å². The second kappa shape index (κ2) is 9.05. The van der Waals surface area contributed by atoms with E-state index < -0.39 is 5.82 Å². The van der Waals surface area contributed by atoms with E-state index in [0.717, 1.165) is 44.7 Å². The smallest absolute Gasteiger partial charge is 0.224 e. The van der Waals surface area contributed by atoms with Crippen LogP contribution in [0.1, 0.15) is 31.5 Å². The lowest BCUT2D eigenvalue weighted by atomic mass is 9.92. The van der Waals surface area contributed by atoms with Gasteiger partial charge in [0.2, 0.25) is 5.91 Å². The summed E-state index contributed by atoms with van der Waals surface area (Å²) in [4.78, 5) is 23.0. The predicted octanol–water partition coefficient (Wildman–Crippen LogP) is 3.90. The zero-order valence-electron chi connectivity index (χ0n) is 14.5. The zero-order valence-corrected chi connectivity index (χ0v) is 15.3. The van der Waals surface area contributed by atoms with Crippen LogP contribution < -0.4 is 5.32 Å². The minimum absolute atomic E-state index is 0.0116. The molecule has 1 aromatic heterocycles. The summed E-state index contributed by atoms with van der Waals surface area (Å²) in [5.41, 5.74) is 0.527. The summed E-state index contributed by atoms with van der Waals surface area (Å²) < 4.78 is 13.1. The Hall–Kier alpha value is -2.05. The molecule has 1 fully saturated rings. The molecule has 0 bridgehead atoms. The Morgan fingerprint density at radius 1 is 1.27 bits per heavy atom. The number of nitrogens with one attached hydrogen (secondary N) is 1. The molecule has 7 heteroatoms. The molecule has 26 heavy (non-hydrogen) atoms. The lowest BCUT2D eigenvalue weighted by molar-refractivity contribution is -0.116. The van der Waals surface area contributed by atoms with E-state index in [2.05, 4.69) is 20.2 Å². The van der Waals surface area contributed by atoms with Gasteiger partial charge in [0.1, 0.15) is 11.6 Å². The molecule has 0 atom stereocenters. The number of carbonyl (C=O) groups excluding carboxylic acids is 1. The summed E-state index contributed by atoms with van der Waals surface area (Å²) in [6.07, 6.45) is 6.99. The molecular weight excluding hydrogens is 355 g/mol. The second-order valence-electron chi connectivity index (χ2n) is 6.60. The molecule has 1 saturated heterocycles. The first-order chi connectivity index (χ1) is 12.6. The Morgan fingerprint density at radius 2 is 2.00 bits per heavy atom. The van der Waals surface area contributed by atoms with Crippen LogP contribution in [-0.2, 0) is 11.3 Å². The summed E-state index contributed by atoms with van der Waals surface area (Å²) in [5, 5.41) is 2.79. The molecule has 0 spiro atoms. The van der Waals surface area contributed by atoms with E-state index in [4.69, 9.17) is 11.6 Å². The number of nitrogens with zero attached hydrogens (tertiary/aromatic N) is 3. The van der Waals surface area contributed by atoms with Crippen molar-refractivity contribution in [1.82, 2.24) is 14.9 Å². The van der Waals surface area contributed by atoms with Gasteiger partial charge in [-0.15, -0.1) is 0 Å². The van der Waals surface area contributed by atoms with E-state index in [1.54, 1.807) is 12.4 Å². The van der Waals surface area contributed by atoms with Crippen molar-refractivity contribution in [3.8, 4) is 0 Å². The van der Waals surface area contributed by atoms with Crippen molar-refractivity contribution < 1.29 is 9.18 Å². The largest absolute Gasteiger partial charge is 0.326 e. The number of amides is 1. The Labute approximate surface area is 157 Å². The van der Waals surface area contributed by atoms with Gasteiger partial charge >= 0.3 is 0 Å². The molecule has 2 aromatic rings. The SMILES string of the molecule is O=C(CCC1CCN(Cc2ncccn2)CC1)Nc1ccc(F)c(Cl)c1. The quantitative estimate of drug-likeness (QED) is 0.830. The molecule has 1 aromatic carbocycles. The van der Waals surface area contributed by atoms with Crippen LogP contribution in [0.15, 0.2) is 36.7 Å². The maximum atomic E-state index is 13.1. The van der Waals surface area contributed by atoms with Crippen LogP contribution in [0.4, 0.5) is 10.1 Å². The lowest BCUT2D eigenvalue weighted by Gasteiger charge is -2.31. The van der Waals surface area contributed by atoms with Crippen molar-refractivity contribution in [3.05, 3.63) is 53.3 Å². The zero-order chi connectivity index (χ0) is 18.4. The van der Waals surface area contributed by atoms with E-state index in [-0.39, 0.29) is 10.9 Å². The topological polar surface area (TPSA) is 58.1 Å². The van der Waals surface area contributed by atoms with Gasteiger partial charge in [-0.1, -0.05) is 11.6 Å². The van der Waals surface area contributed by atoms with Gasteiger partial charge in [-0.25, -0.2) is 14.4 Å². The van der Waals surface area contributed by atoms with E-state index in [0.29, 0.717) is 18.0 Å². The number of hydrogen-bond donors (Lipinski definition) is 1. The van der Waals surface area contributed by atoms with Crippen molar-refractivity contribution in [2.75, 3.05) is 18.4 Å². The fourth-order valence-electron chi connectivity index (χ4n) is 3.18. The molecule has 0 unspecified atom stereocenters. The molecule has 1 amide bonds. The van der Waals surface area contributed by atoms with Crippen molar-refractivity contribution >= 4 is 23.2 Å². The Kier molecular flexibility index (Phi) is 6.52. The molecule has 0 aliphatic carbocycles. The van der Waals surface area contributed by atoms with Gasteiger partial charge < -0.3 is 5.32 Å². The third kappa shape index (κ3) is 5.47. The van der Waals surface area contributed by atoms with Crippen molar-refractivity contribution in [1.29, 1.82) is 0 Å². The van der Waals surface area contributed by atoms with Gasteiger partial charge in [-0.3, -0.25) is 9.69 Å². The molecule has 1 aliphatic heterocycles. The van der Waals surface area contributed by atoms with E-state index >= 15 is 0 Å². The maximum Gasteiger partial charge on any atom is 0.224 e. The molecular formula is C19H22ClFN4O. The Balaban J connectivity index is 1.38. The number of anilines is 1. The number of halogens is 2. The predicted molar refractivity (Wildman–Crippen MR) is 99.3 cm³/mol. The Bertz CT molecular complexity index is 736. The van der Waals surface area contributed by atoms with Crippen LogP contribution in [0.2, 0.25) is 5.02 Å². The van der Waals surface area contributed by atoms with Crippen molar-refractivity contribution in [2.45, 2.75) is 32.2 Å². The fraction of sp³-hybridized carbons (Fsp3) is 0.421. The second-order valence-corrected chi connectivity index (χ2v) is 7.01. The molecule has 138 valence electrons. The average Bonchev–Trinajstić information content (AvgIpc) is 2.65. The highest BCUT2D eigenvalue weighted by Crippen LogP contribution is 2.24. The van der Waals surface area contributed by atoms with Crippen LogP contribution in [0.3, 0.4) is 0 Å². The average molecular weight is 377 g/mol. The van der Waals surface area contributed by atoms with Gasteiger partial charge in [-0.2, -0.15) is 0 Å². The minimum atomic E-state index is -0.489. The van der Waals surface area contributed by atoms with Crippen LogP contribution >= 0.6 is 11.6 Å². The van der Waals surface area contributed by atoms with Gasteiger partial charge in [0.15, 0.2) is 0 Å². The first-order valence-electron chi connectivity index (χ1n) is 8.83. The standard InChI is InChI=1S/C19H22ClFN4O/c20-16-12-15(3-4-17(16)21)24-19(26)5-2-14-6-10-25(11-7-14)13-18-22-8-1-9-23-18/h1,3-4,8-9,12,14H,2,5-7,10-11,13H2,(H,24,26). The summed E-state index contributed by atoms with van der Waals surface area (Å²) in [6.45, 7) is 2.77. The summed E-state index contributed by atoms with van der Waals surface area (Å²) in [7, 11) is 0. The highest BCUT2D eigenvalue weighted by molar-refractivity contribution is 6.31. The van der Waals surface area contributed by atoms with Gasteiger partial charge in [-0.05, 0) is 62.5 Å². The number of aromatic nitrogens is 2. The van der Waals surface area contributed by atoms with Crippen LogP contribution in [-0.4, -0.2) is 33.9 Å². The van der Waals surface area contributed by atoms with Gasteiger partial charge in [0, 0.05) is 24.5 Å². The highest BCUT2D eigenvalue weighted by atomic mass is 35.5. The van der Waals surface area contributed by atoms with E-state index in [1.165, 1.54) is 18.2 Å². The summed E-state index contributed by atoms with van der Waals surface area (Å²) in [6, 6.07) is 6.02. The molecule has 1 N–H and O–H groups in total. The van der Waals surface area contributed by atoms with Crippen molar-refractivity contribution in [3.63, 3.8) is 0 Å². The first kappa shape index (κ1) is 18.7. The number of carbonyl (C=O) groups is 1. The highest BCUT2D eigenvalue weighted by Gasteiger charge is 2.20. The van der Waals surface area contributed by atoms with Gasteiger partial charge in [0.05, 0.1) is 11.6 Å². The van der Waals surface area contributed by atoms with E-state index in [9.17, 15) is 9.18 Å². The number of hydrogen-bond acceptors (Lipinski definition) is 4.